The summed E-state index contributed by atoms with van der Waals surface area (Å²) in [5.74, 6) is 1.78. The number of carbonyl (C=O) groups excluding carboxylic acids is 1. The van der Waals surface area contributed by atoms with E-state index in [1.54, 1.807) is 48.3 Å². The first-order valence-corrected chi connectivity index (χ1v) is 9.57. The lowest BCUT2D eigenvalue weighted by molar-refractivity contribution is 0.102. The first-order chi connectivity index (χ1) is 14.2. The van der Waals surface area contributed by atoms with E-state index in [2.05, 4.69) is 20.9 Å². The molecule has 2 heterocycles. The normalized spacial score (nSPS) is 14.4. The average molecular weight is 393 g/mol. The van der Waals surface area contributed by atoms with E-state index in [0.717, 1.165) is 31.7 Å². The second-order valence-electron chi connectivity index (χ2n) is 6.82. The van der Waals surface area contributed by atoms with Crippen molar-refractivity contribution in [2.75, 3.05) is 25.5 Å². The molecule has 0 saturated carbocycles. The van der Waals surface area contributed by atoms with Crippen LogP contribution in [0, 0.1) is 0 Å². The highest BCUT2D eigenvalue weighted by atomic mass is 16.5. The van der Waals surface area contributed by atoms with Crippen molar-refractivity contribution in [1.29, 1.82) is 0 Å². The van der Waals surface area contributed by atoms with Crippen LogP contribution in [-0.2, 0) is 0 Å². The van der Waals surface area contributed by atoms with Crippen LogP contribution >= 0.6 is 0 Å². The van der Waals surface area contributed by atoms with Crippen LogP contribution in [0.15, 0.2) is 54.7 Å². The predicted molar refractivity (Wildman–Crippen MR) is 109 cm³/mol. The van der Waals surface area contributed by atoms with Crippen molar-refractivity contribution in [3.8, 4) is 17.2 Å². The highest BCUT2D eigenvalue weighted by Crippen LogP contribution is 2.26. The Morgan fingerprint density at radius 3 is 2.62 bits per heavy atom. The first kappa shape index (κ1) is 18.9. The van der Waals surface area contributed by atoms with Gasteiger partial charge in [0.05, 0.1) is 19.3 Å². The molecule has 29 heavy (non-hydrogen) atoms. The molecule has 1 saturated heterocycles. The van der Waals surface area contributed by atoms with Gasteiger partial charge >= 0.3 is 0 Å². The molecule has 1 aliphatic rings. The minimum absolute atomic E-state index is 0.286. The Morgan fingerprint density at radius 1 is 1.10 bits per heavy atom. The van der Waals surface area contributed by atoms with Crippen LogP contribution in [0.2, 0.25) is 0 Å². The van der Waals surface area contributed by atoms with Gasteiger partial charge in [0.15, 0.2) is 5.69 Å². The minimum atomic E-state index is -0.286. The van der Waals surface area contributed by atoms with Crippen LogP contribution in [0.1, 0.15) is 29.4 Å². The molecule has 2 aromatic carbocycles. The Kier molecular flexibility index (Phi) is 5.71. The zero-order chi connectivity index (χ0) is 20.1. The third-order valence-electron chi connectivity index (χ3n) is 4.81. The number of rotatable bonds is 6. The number of hydrogen-bond acceptors (Lipinski definition) is 6. The lowest BCUT2D eigenvalue weighted by Crippen LogP contribution is -2.29. The van der Waals surface area contributed by atoms with E-state index < -0.39 is 0 Å². The van der Waals surface area contributed by atoms with E-state index >= 15 is 0 Å². The van der Waals surface area contributed by atoms with Crippen LogP contribution in [0.5, 0.6) is 17.2 Å². The second kappa shape index (κ2) is 8.74. The smallest absolute Gasteiger partial charge is 0.277 e. The molecule has 2 N–H and O–H groups in total. The van der Waals surface area contributed by atoms with Crippen molar-refractivity contribution in [2.45, 2.75) is 18.9 Å². The molecule has 1 fully saturated rings. The molecule has 0 radical (unpaired) electrons. The predicted octanol–water partition coefficient (Wildman–Crippen LogP) is 3.26. The summed E-state index contributed by atoms with van der Waals surface area (Å²) in [6, 6.07) is 14.8. The third-order valence-corrected chi connectivity index (χ3v) is 4.81. The Hall–Kier alpha value is -3.39. The second-order valence-corrected chi connectivity index (χ2v) is 6.82. The molecule has 150 valence electrons. The number of aromatic nitrogens is 3. The number of ether oxygens (including phenoxy) is 2. The van der Waals surface area contributed by atoms with Crippen LogP contribution in [-0.4, -0.2) is 41.1 Å². The maximum Gasteiger partial charge on any atom is 0.277 e. The third kappa shape index (κ3) is 4.72. The molecular formula is C21H23N5O3. The fourth-order valence-electron chi connectivity index (χ4n) is 3.23. The lowest BCUT2D eigenvalue weighted by atomic mass is 10.1. The van der Waals surface area contributed by atoms with Crippen molar-refractivity contribution >= 4 is 11.6 Å². The van der Waals surface area contributed by atoms with Gasteiger partial charge < -0.3 is 20.1 Å². The Balaban J connectivity index is 1.37. The fraction of sp³-hybridized carbons (Fsp3) is 0.286. The fourth-order valence-corrected chi connectivity index (χ4v) is 3.23. The quantitative estimate of drug-likeness (QED) is 0.668. The molecule has 8 nitrogen and oxygen atoms in total. The van der Waals surface area contributed by atoms with Gasteiger partial charge in [0.1, 0.15) is 17.2 Å². The number of hydrogen-bond donors (Lipinski definition) is 2. The average Bonchev–Trinajstić information content (AvgIpc) is 3.26. The molecule has 0 bridgehead atoms. The number of piperidine rings is 1. The molecule has 0 spiro atoms. The zero-order valence-corrected chi connectivity index (χ0v) is 16.2. The number of anilines is 1. The molecule has 0 unspecified atom stereocenters. The number of amides is 1. The van der Waals surface area contributed by atoms with Gasteiger partial charge in [-0.3, -0.25) is 4.79 Å². The van der Waals surface area contributed by atoms with Gasteiger partial charge in [-0.25, -0.2) is 4.68 Å². The monoisotopic (exact) mass is 393 g/mol. The van der Waals surface area contributed by atoms with Crippen LogP contribution in [0.25, 0.3) is 0 Å². The molecule has 1 amide bonds. The minimum Gasteiger partial charge on any atom is -0.497 e. The van der Waals surface area contributed by atoms with E-state index in [-0.39, 0.29) is 5.91 Å². The summed E-state index contributed by atoms with van der Waals surface area (Å²) in [6.07, 6.45) is 3.68. The molecule has 3 aromatic rings. The van der Waals surface area contributed by atoms with Gasteiger partial charge in [0, 0.05) is 11.8 Å². The van der Waals surface area contributed by atoms with Crippen LogP contribution in [0.4, 0.5) is 5.69 Å². The SMILES string of the molecule is COc1cccc(Oc2ccc(NC(=O)c3cn(C4CCNCC4)nn3)cc2)c1. The van der Waals surface area contributed by atoms with E-state index in [4.69, 9.17) is 9.47 Å². The highest BCUT2D eigenvalue weighted by molar-refractivity contribution is 6.02. The topological polar surface area (TPSA) is 90.3 Å². The zero-order valence-electron chi connectivity index (χ0n) is 16.2. The van der Waals surface area contributed by atoms with Crippen molar-refractivity contribution < 1.29 is 14.3 Å². The standard InChI is InChI=1S/C21H23N5O3/c1-28-18-3-2-4-19(13-18)29-17-7-5-15(6-8-17)23-21(27)20-14-26(25-24-20)16-9-11-22-12-10-16/h2-8,13-14,16,22H,9-12H2,1H3,(H,23,27). The number of benzene rings is 2. The summed E-state index contributed by atoms with van der Waals surface area (Å²) in [6.45, 7) is 1.91. The summed E-state index contributed by atoms with van der Waals surface area (Å²) in [5.41, 5.74) is 0.963. The molecule has 1 aliphatic heterocycles. The summed E-state index contributed by atoms with van der Waals surface area (Å²) in [4.78, 5) is 12.5. The Bertz CT molecular complexity index is 964. The summed E-state index contributed by atoms with van der Waals surface area (Å²) in [5, 5.41) is 14.3. The van der Waals surface area contributed by atoms with E-state index in [9.17, 15) is 4.79 Å². The van der Waals surface area contributed by atoms with E-state index in [1.807, 2.05) is 18.2 Å². The summed E-state index contributed by atoms with van der Waals surface area (Å²) < 4.78 is 12.8. The maximum absolute atomic E-state index is 12.5. The van der Waals surface area contributed by atoms with Crippen LogP contribution < -0.4 is 20.1 Å². The Labute approximate surface area is 168 Å². The molecule has 1 aromatic heterocycles. The number of methoxy groups -OCH3 is 1. The van der Waals surface area contributed by atoms with Gasteiger partial charge in [-0.05, 0) is 62.3 Å². The van der Waals surface area contributed by atoms with Crippen molar-refractivity contribution in [2.24, 2.45) is 0 Å². The lowest BCUT2D eigenvalue weighted by Gasteiger charge is -2.22. The van der Waals surface area contributed by atoms with Crippen molar-refractivity contribution in [3.05, 3.63) is 60.4 Å². The van der Waals surface area contributed by atoms with E-state index in [1.165, 1.54) is 0 Å². The highest BCUT2D eigenvalue weighted by Gasteiger charge is 2.18. The molecule has 8 heteroatoms. The van der Waals surface area contributed by atoms with Crippen LogP contribution in [0.3, 0.4) is 0 Å². The molecule has 0 aliphatic carbocycles. The van der Waals surface area contributed by atoms with Gasteiger partial charge in [0.25, 0.3) is 5.91 Å². The molecular weight excluding hydrogens is 370 g/mol. The number of nitrogens with zero attached hydrogens (tertiary/aromatic N) is 3. The maximum atomic E-state index is 12.5. The Morgan fingerprint density at radius 2 is 1.86 bits per heavy atom. The summed E-state index contributed by atoms with van der Waals surface area (Å²) >= 11 is 0. The first-order valence-electron chi connectivity index (χ1n) is 9.57. The van der Waals surface area contributed by atoms with Gasteiger partial charge in [-0.1, -0.05) is 11.3 Å². The number of nitrogens with one attached hydrogen (secondary N) is 2. The number of carbonyl (C=O) groups is 1. The van der Waals surface area contributed by atoms with Crippen molar-refractivity contribution in [1.82, 2.24) is 20.3 Å². The van der Waals surface area contributed by atoms with E-state index in [0.29, 0.717) is 28.9 Å². The summed E-state index contributed by atoms with van der Waals surface area (Å²) in [7, 11) is 1.61. The van der Waals surface area contributed by atoms with Crippen molar-refractivity contribution in [3.63, 3.8) is 0 Å². The largest absolute Gasteiger partial charge is 0.497 e. The van der Waals surface area contributed by atoms with Gasteiger partial charge in [-0.15, -0.1) is 5.10 Å². The molecule has 0 atom stereocenters. The van der Waals surface area contributed by atoms with Gasteiger partial charge in [0.2, 0.25) is 0 Å². The van der Waals surface area contributed by atoms with Gasteiger partial charge in [-0.2, -0.15) is 0 Å². The molecule has 4 rings (SSSR count).